The van der Waals surface area contributed by atoms with Crippen LogP contribution in [0.2, 0.25) is 0 Å². The number of nitrogens with one attached hydrogen (secondary N) is 2. The number of amides is 2. The van der Waals surface area contributed by atoms with Crippen molar-refractivity contribution in [2.45, 2.75) is 79.4 Å². The van der Waals surface area contributed by atoms with Crippen molar-refractivity contribution in [1.82, 2.24) is 25.1 Å². The number of anilines is 1. The molecule has 1 aromatic carbocycles. The van der Waals surface area contributed by atoms with E-state index < -0.39 is 0 Å². The monoisotopic (exact) mass is 566 g/mol. The molecule has 2 atom stereocenters. The molecule has 0 radical (unpaired) electrons. The van der Waals surface area contributed by atoms with Crippen molar-refractivity contribution in [3.63, 3.8) is 0 Å². The van der Waals surface area contributed by atoms with E-state index in [0.29, 0.717) is 69.5 Å². The smallest absolute Gasteiger partial charge is 0.259 e. The van der Waals surface area contributed by atoms with Crippen LogP contribution in [0.25, 0.3) is 0 Å². The number of methoxy groups -OCH3 is 1. The van der Waals surface area contributed by atoms with Gasteiger partial charge in [0.05, 0.1) is 5.92 Å². The van der Waals surface area contributed by atoms with Crippen molar-refractivity contribution in [3.8, 4) is 0 Å². The first kappa shape index (κ1) is 32.5. The highest BCUT2D eigenvalue weighted by Crippen LogP contribution is 2.28. The van der Waals surface area contributed by atoms with Crippen LogP contribution in [0.3, 0.4) is 0 Å². The number of aromatic nitrogens is 2. The standard InChI is InChI=1S/C31H46N6O3.CH4/c1-21(2)18-37(29(39)26-17-34-30(31(3,4)5)35-27(26)33-12-9-13-40-6)25-14-24(15-32-16-25)28(38)36-19-22-10-7-8-11-23(22)20-36;/h7-8,10-11,17,21,24-25,32H,9,12-16,18-20H2,1-6H3,(H,33,34,35);1H4/t24-,25+;/m1./s1. The van der Waals surface area contributed by atoms with Crippen LogP contribution >= 0.6 is 0 Å². The normalized spacial score (nSPS) is 18.6. The second-order valence-electron chi connectivity index (χ2n) is 12.5. The molecule has 3 heterocycles. The lowest BCUT2D eigenvalue weighted by molar-refractivity contribution is -0.137. The van der Waals surface area contributed by atoms with Gasteiger partial charge in [0.2, 0.25) is 5.91 Å². The largest absolute Gasteiger partial charge is 0.385 e. The Hall–Kier alpha value is -3.04. The fraction of sp³-hybridized carbons (Fsp3) is 0.625. The van der Waals surface area contributed by atoms with E-state index >= 15 is 0 Å². The van der Waals surface area contributed by atoms with Crippen molar-refractivity contribution in [2.75, 3.05) is 45.2 Å². The van der Waals surface area contributed by atoms with Crippen molar-refractivity contribution in [1.29, 1.82) is 0 Å². The van der Waals surface area contributed by atoms with Crippen LogP contribution in [0.1, 0.15) is 82.2 Å². The Balaban J connectivity index is 0.00000462. The summed E-state index contributed by atoms with van der Waals surface area (Å²) in [5.41, 5.74) is 2.65. The zero-order valence-corrected chi connectivity index (χ0v) is 25.0. The Morgan fingerprint density at radius 3 is 2.46 bits per heavy atom. The molecular weight excluding hydrogens is 516 g/mol. The molecule has 0 aliphatic carbocycles. The first-order valence-corrected chi connectivity index (χ1v) is 14.6. The highest BCUT2D eigenvalue weighted by atomic mass is 16.5. The van der Waals surface area contributed by atoms with E-state index in [1.807, 2.05) is 21.9 Å². The van der Waals surface area contributed by atoms with Crippen LogP contribution in [-0.2, 0) is 28.0 Å². The van der Waals surface area contributed by atoms with Crippen molar-refractivity contribution in [3.05, 3.63) is 53.0 Å². The zero-order valence-electron chi connectivity index (χ0n) is 25.0. The molecule has 2 aromatic rings. The molecule has 1 saturated heterocycles. The topological polar surface area (TPSA) is 99.7 Å². The molecule has 2 amide bonds. The minimum Gasteiger partial charge on any atom is -0.385 e. The van der Waals surface area contributed by atoms with E-state index in [9.17, 15) is 9.59 Å². The van der Waals surface area contributed by atoms with Gasteiger partial charge in [-0.25, -0.2) is 9.97 Å². The lowest BCUT2D eigenvalue weighted by atomic mass is 9.92. The van der Waals surface area contributed by atoms with Gasteiger partial charge in [-0.3, -0.25) is 9.59 Å². The maximum Gasteiger partial charge on any atom is 0.259 e. The van der Waals surface area contributed by atoms with Gasteiger partial charge in [0.25, 0.3) is 5.91 Å². The van der Waals surface area contributed by atoms with Gasteiger partial charge in [-0.2, -0.15) is 0 Å². The Labute approximate surface area is 246 Å². The number of benzene rings is 1. The van der Waals surface area contributed by atoms with Gasteiger partial charge >= 0.3 is 0 Å². The predicted molar refractivity (Wildman–Crippen MR) is 164 cm³/mol. The molecule has 226 valence electrons. The number of fused-ring (bicyclic) bond motifs is 1. The zero-order chi connectivity index (χ0) is 28.9. The highest BCUT2D eigenvalue weighted by Gasteiger charge is 2.37. The van der Waals surface area contributed by atoms with Crippen LogP contribution < -0.4 is 10.6 Å². The van der Waals surface area contributed by atoms with Gasteiger partial charge in [-0.05, 0) is 29.9 Å². The lowest BCUT2D eigenvalue weighted by Gasteiger charge is -2.39. The Morgan fingerprint density at radius 2 is 1.85 bits per heavy atom. The average molecular weight is 567 g/mol. The summed E-state index contributed by atoms with van der Waals surface area (Å²) < 4.78 is 5.20. The first-order chi connectivity index (χ1) is 19.1. The van der Waals surface area contributed by atoms with Gasteiger partial charge < -0.3 is 25.2 Å². The average Bonchev–Trinajstić information content (AvgIpc) is 3.37. The molecule has 1 aromatic heterocycles. The summed E-state index contributed by atoms with van der Waals surface area (Å²) in [5, 5.41) is 6.83. The Bertz CT molecular complexity index is 1150. The van der Waals surface area contributed by atoms with Gasteiger partial charge in [0.15, 0.2) is 0 Å². The van der Waals surface area contributed by atoms with Crippen molar-refractivity contribution < 1.29 is 14.3 Å². The summed E-state index contributed by atoms with van der Waals surface area (Å²) in [6, 6.07) is 8.15. The molecule has 1 fully saturated rings. The molecule has 9 heteroatoms. The van der Waals surface area contributed by atoms with E-state index in [1.54, 1.807) is 13.3 Å². The third kappa shape index (κ3) is 8.04. The second-order valence-corrected chi connectivity index (χ2v) is 12.5. The molecule has 0 saturated carbocycles. The van der Waals surface area contributed by atoms with Crippen LogP contribution in [0.5, 0.6) is 0 Å². The maximum absolute atomic E-state index is 14.2. The number of rotatable bonds is 10. The molecule has 2 aliphatic rings. The summed E-state index contributed by atoms with van der Waals surface area (Å²) >= 11 is 0. The number of nitrogens with zero attached hydrogens (tertiary/aromatic N) is 4. The number of hydrogen-bond donors (Lipinski definition) is 2. The molecule has 41 heavy (non-hydrogen) atoms. The molecule has 9 nitrogen and oxygen atoms in total. The lowest BCUT2D eigenvalue weighted by Crippen LogP contribution is -2.54. The van der Waals surface area contributed by atoms with Crippen LogP contribution in [0.4, 0.5) is 5.82 Å². The summed E-state index contributed by atoms with van der Waals surface area (Å²) in [6.45, 7) is 14.9. The Morgan fingerprint density at radius 1 is 1.17 bits per heavy atom. The first-order valence-electron chi connectivity index (χ1n) is 14.6. The van der Waals surface area contributed by atoms with E-state index in [4.69, 9.17) is 9.72 Å². The minimum absolute atomic E-state index is 0. The summed E-state index contributed by atoms with van der Waals surface area (Å²) in [5.74, 6) is 1.38. The quantitative estimate of drug-likeness (QED) is 0.409. The van der Waals surface area contributed by atoms with E-state index in [-0.39, 0.29) is 42.5 Å². The van der Waals surface area contributed by atoms with E-state index in [0.717, 1.165) is 6.42 Å². The Kier molecular flexibility index (Phi) is 11.3. The van der Waals surface area contributed by atoms with Crippen molar-refractivity contribution >= 4 is 17.6 Å². The van der Waals surface area contributed by atoms with Gasteiger partial charge in [0, 0.05) is 70.6 Å². The number of carbonyl (C=O) groups is 2. The molecule has 2 aliphatic heterocycles. The van der Waals surface area contributed by atoms with Crippen LogP contribution in [-0.4, -0.2) is 77.5 Å². The minimum atomic E-state index is -0.252. The molecule has 0 unspecified atom stereocenters. The second kappa shape index (κ2) is 14.2. The molecule has 4 rings (SSSR count). The number of hydrogen-bond acceptors (Lipinski definition) is 7. The summed E-state index contributed by atoms with van der Waals surface area (Å²) in [6.07, 6.45) is 3.10. The SMILES string of the molecule is C.COCCCNc1nc(C(C)(C)C)ncc1C(=O)N(CC(C)C)[C@@H]1CNC[C@H](C(=O)N2Cc3ccccc3C2)C1. The number of piperidine rings is 1. The van der Waals surface area contributed by atoms with Gasteiger partial charge in [-0.1, -0.05) is 66.3 Å². The summed E-state index contributed by atoms with van der Waals surface area (Å²) in [4.78, 5) is 41.1. The third-order valence-electron chi connectivity index (χ3n) is 7.60. The van der Waals surface area contributed by atoms with Crippen LogP contribution in [0.15, 0.2) is 30.5 Å². The van der Waals surface area contributed by atoms with E-state index in [1.165, 1.54) is 11.1 Å². The molecule has 0 bridgehead atoms. The molecular formula is C32H50N6O3. The predicted octanol–water partition coefficient (Wildman–Crippen LogP) is 4.48. The maximum atomic E-state index is 14.2. The fourth-order valence-corrected chi connectivity index (χ4v) is 5.50. The fourth-order valence-electron chi connectivity index (χ4n) is 5.50. The van der Waals surface area contributed by atoms with Crippen LogP contribution in [0, 0.1) is 11.8 Å². The highest BCUT2D eigenvalue weighted by molar-refractivity contribution is 5.98. The van der Waals surface area contributed by atoms with Crippen molar-refractivity contribution in [2.24, 2.45) is 11.8 Å². The number of carbonyl (C=O) groups excluding carboxylic acids is 2. The number of ether oxygens (including phenoxy) is 1. The molecule has 0 spiro atoms. The van der Waals surface area contributed by atoms with Gasteiger partial charge in [-0.15, -0.1) is 0 Å². The van der Waals surface area contributed by atoms with E-state index in [2.05, 4.69) is 62.4 Å². The van der Waals surface area contributed by atoms with Gasteiger partial charge in [0.1, 0.15) is 17.2 Å². The third-order valence-corrected chi connectivity index (χ3v) is 7.60. The molecule has 2 N–H and O–H groups in total. The summed E-state index contributed by atoms with van der Waals surface area (Å²) in [7, 11) is 1.68.